The smallest absolute Gasteiger partial charge is 0.235 e. The maximum Gasteiger partial charge on any atom is 0.235 e. The average Bonchev–Trinajstić information content (AvgIpc) is 2.90. The van der Waals surface area contributed by atoms with Gasteiger partial charge in [-0.3, -0.25) is 10.1 Å². The Hall–Kier alpha value is -4.58. The Bertz CT molecular complexity index is 1260. The van der Waals surface area contributed by atoms with E-state index in [-0.39, 0.29) is 6.61 Å². The van der Waals surface area contributed by atoms with E-state index in [0.29, 0.717) is 36.0 Å². The molecule has 4 aromatic carbocycles. The quantitative estimate of drug-likeness (QED) is 0.182. The summed E-state index contributed by atoms with van der Waals surface area (Å²) in [5.74, 6) is 1.38. The van der Waals surface area contributed by atoms with Crippen molar-refractivity contribution in [1.29, 1.82) is 0 Å². The minimum absolute atomic E-state index is 0.284. The van der Waals surface area contributed by atoms with Gasteiger partial charge in [-0.1, -0.05) is 91.0 Å². The van der Waals surface area contributed by atoms with Gasteiger partial charge in [-0.2, -0.15) is 0 Å². The van der Waals surface area contributed by atoms with Crippen LogP contribution in [-0.4, -0.2) is 4.92 Å². The van der Waals surface area contributed by atoms with Crippen LogP contribution < -0.4 is 14.2 Å². The molecular formula is C29H25NO5. The van der Waals surface area contributed by atoms with E-state index in [0.717, 1.165) is 22.9 Å². The van der Waals surface area contributed by atoms with Crippen LogP contribution in [0.2, 0.25) is 0 Å². The van der Waals surface area contributed by atoms with E-state index in [2.05, 4.69) is 0 Å². The van der Waals surface area contributed by atoms with Crippen LogP contribution in [0.5, 0.6) is 17.2 Å². The molecule has 0 N–H and O–H groups in total. The standard InChI is InChI=1S/C29H25NO5/c31-30(32)17-16-26-18-27(33-20-23-10-4-1-5-11-23)19-28(34-21-24-12-6-2-7-13-24)29(26)35-22-25-14-8-3-9-15-25/h1-19H,20-22H2/b17-16+. The van der Waals surface area contributed by atoms with Gasteiger partial charge in [-0.05, 0) is 22.8 Å². The third-order valence-corrected chi connectivity index (χ3v) is 5.14. The highest BCUT2D eigenvalue weighted by Gasteiger charge is 2.15. The van der Waals surface area contributed by atoms with Crippen LogP contribution in [0.15, 0.2) is 109 Å². The van der Waals surface area contributed by atoms with Crippen molar-refractivity contribution in [2.75, 3.05) is 0 Å². The first-order chi connectivity index (χ1) is 17.2. The van der Waals surface area contributed by atoms with Crippen LogP contribution in [0, 0.1) is 10.1 Å². The molecule has 0 aliphatic carbocycles. The predicted molar refractivity (Wildman–Crippen MR) is 135 cm³/mol. The fraction of sp³-hybridized carbons (Fsp3) is 0.103. The maximum atomic E-state index is 11.1. The maximum absolute atomic E-state index is 11.1. The van der Waals surface area contributed by atoms with Gasteiger partial charge in [-0.15, -0.1) is 0 Å². The molecular weight excluding hydrogens is 442 g/mol. The second-order valence-electron chi connectivity index (χ2n) is 7.76. The summed E-state index contributed by atoms with van der Waals surface area (Å²) in [7, 11) is 0. The Kier molecular flexibility index (Phi) is 8.11. The van der Waals surface area contributed by atoms with Gasteiger partial charge in [0.1, 0.15) is 25.6 Å². The lowest BCUT2D eigenvalue weighted by Crippen LogP contribution is -2.04. The van der Waals surface area contributed by atoms with Gasteiger partial charge < -0.3 is 14.2 Å². The summed E-state index contributed by atoms with van der Waals surface area (Å²) in [6.45, 7) is 0.941. The summed E-state index contributed by atoms with van der Waals surface area (Å²) in [4.78, 5) is 10.6. The van der Waals surface area contributed by atoms with Crippen molar-refractivity contribution in [2.45, 2.75) is 19.8 Å². The summed E-state index contributed by atoms with van der Waals surface area (Å²) in [6, 6.07) is 32.7. The first kappa shape index (κ1) is 23.6. The molecule has 4 rings (SSSR count). The normalized spacial score (nSPS) is 10.7. The third-order valence-electron chi connectivity index (χ3n) is 5.14. The Balaban J connectivity index is 1.66. The van der Waals surface area contributed by atoms with Gasteiger partial charge in [0, 0.05) is 17.7 Å². The molecule has 176 valence electrons. The number of nitrogens with zero attached hydrogens (tertiary/aromatic N) is 1. The number of hydrogen-bond acceptors (Lipinski definition) is 5. The van der Waals surface area contributed by atoms with Crippen LogP contribution in [0.1, 0.15) is 22.3 Å². The summed E-state index contributed by atoms with van der Waals surface area (Å²) >= 11 is 0. The lowest BCUT2D eigenvalue weighted by atomic mass is 10.1. The fourth-order valence-electron chi connectivity index (χ4n) is 3.41. The molecule has 0 saturated carbocycles. The fourth-order valence-corrected chi connectivity index (χ4v) is 3.41. The Labute approximate surface area is 204 Å². The van der Waals surface area contributed by atoms with E-state index in [1.807, 2.05) is 91.0 Å². The van der Waals surface area contributed by atoms with Crippen molar-refractivity contribution in [2.24, 2.45) is 0 Å². The first-order valence-corrected chi connectivity index (χ1v) is 11.2. The zero-order valence-corrected chi connectivity index (χ0v) is 19.1. The summed E-state index contributed by atoms with van der Waals surface area (Å²) in [5.41, 5.74) is 3.45. The van der Waals surface area contributed by atoms with Crippen LogP contribution in [0.25, 0.3) is 6.08 Å². The third kappa shape index (κ3) is 7.20. The molecule has 6 nitrogen and oxygen atoms in total. The van der Waals surface area contributed by atoms with Gasteiger partial charge in [0.05, 0.1) is 4.92 Å². The molecule has 0 aromatic heterocycles. The van der Waals surface area contributed by atoms with Crippen LogP contribution in [0.3, 0.4) is 0 Å². The topological polar surface area (TPSA) is 70.8 Å². The van der Waals surface area contributed by atoms with Crippen molar-refractivity contribution in [3.63, 3.8) is 0 Å². The van der Waals surface area contributed by atoms with Crippen molar-refractivity contribution in [1.82, 2.24) is 0 Å². The van der Waals surface area contributed by atoms with E-state index < -0.39 is 4.92 Å². The minimum Gasteiger partial charge on any atom is -0.489 e. The van der Waals surface area contributed by atoms with Crippen molar-refractivity contribution in [3.05, 3.63) is 142 Å². The molecule has 0 aliphatic heterocycles. The van der Waals surface area contributed by atoms with Crippen LogP contribution in [-0.2, 0) is 19.8 Å². The van der Waals surface area contributed by atoms with Crippen molar-refractivity contribution >= 4 is 6.08 Å². The molecule has 0 aliphatic rings. The molecule has 0 spiro atoms. The van der Waals surface area contributed by atoms with Crippen molar-refractivity contribution < 1.29 is 19.1 Å². The van der Waals surface area contributed by atoms with Gasteiger partial charge in [-0.25, -0.2) is 0 Å². The zero-order chi connectivity index (χ0) is 24.3. The van der Waals surface area contributed by atoms with E-state index in [1.165, 1.54) is 6.08 Å². The van der Waals surface area contributed by atoms with Crippen LogP contribution >= 0.6 is 0 Å². The second kappa shape index (κ2) is 12.0. The van der Waals surface area contributed by atoms with E-state index in [1.54, 1.807) is 12.1 Å². The van der Waals surface area contributed by atoms with Crippen molar-refractivity contribution in [3.8, 4) is 17.2 Å². The average molecular weight is 468 g/mol. The Morgan fingerprint density at radius 3 is 1.66 bits per heavy atom. The summed E-state index contributed by atoms with van der Waals surface area (Å²) in [6.07, 6.45) is 2.28. The van der Waals surface area contributed by atoms with E-state index in [9.17, 15) is 10.1 Å². The molecule has 0 heterocycles. The summed E-state index contributed by atoms with van der Waals surface area (Å²) in [5, 5.41) is 11.1. The monoisotopic (exact) mass is 467 g/mol. The van der Waals surface area contributed by atoms with Gasteiger partial charge in [0.2, 0.25) is 6.20 Å². The highest BCUT2D eigenvalue weighted by Crippen LogP contribution is 2.38. The lowest BCUT2D eigenvalue weighted by molar-refractivity contribution is -0.400. The Morgan fingerprint density at radius 2 is 1.14 bits per heavy atom. The molecule has 0 amide bonds. The number of benzene rings is 4. The SMILES string of the molecule is O=[N+]([O-])/C=C/c1cc(OCc2ccccc2)cc(OCc2ccccc2)c1OCc1ccccc1. The largest absolute Gasteiger partial charge is 0.489 e. The number of ether oxygens (including phenoxy) is 3. The molecule has 0 fully saturated rings. The van der Waals surface area contributed by atoms with E-state index in [4.69, 9.17) is 14.2 Å². The highest BCUT2D eigenvalue weighted by molar-refractivity contribution is 5.64. The lowest BCUT2D eigenvalue weighted by Gasteiger charge is -2.17. The first-order valence-electron chi connectivity index (χ1n) is 11.2. The van der Waals surface area contributed by atoms with Gasteiger partial charge in [0.15, 0.2) is 11.5 Å². The van der Waals surface area contributed by atoms with Crippen LogP contribution in [0.4, 0.5) is 0 Å². The van der Waals surface area contributed by atoms with E-state index >= 15 is 0 Å². The number of hydrogen-bond donors (Lipinski definition) is 0. The second-order valence-corrected chi connectivity index (χ2v) is 7.76. The highest BCUT2D eigenvalue weighted by atomic mass is 16.6. The summed E-state index contributed by atoms with van der Waals surface area (Å²) < 4.78 is 18.3. The molecule has 0 bridgehead atoms. The zero-order valence-electron chi connectivity index (χ0n) is 19.1. The van der Waals surface area contributed by atoms with Gasteiger partial charge in [0.25, 0.3) is 0 Å². The molecule has 0 saturated heterocycles. The Morgan fingerprint density at radius 1 is 0.657 bits per heavy atom. The number of nitro groups is 1. The predicted octanol–water partition coefficient (Wildman–Crippen LogP) is 6.67. The van der Waals surface area contributed by atoms with Gasteiger partial charge >= 0.3 is 0 Å². The minimum atomic E-state index is -0.511. The molecule has 6 heteroatoms. The molecule has 0 radical (unpaired) electrons. The number of rotatable bonds is 11. The molecule has 0 unspecified atom stereocenters. The molecule has 0 atom stereocenters. The molecule has 35 heavy (non-hydrogen) atoms. The molecule has 4 aromatic rings.